The lowest BCUT2D eigenvalue weighted by Crippen LogP contribution is -2.62. The second-order valence-electron chi connectivity index (χ2n) is 16.9. The number of nitrogens with two attached hydrogens (primary N) is 1. The number of esters is 2. The number of halogens is 1. The van der Waals surface area contributed by atoms with Crippen LogP contribution in [0.5, 0.6) is 0 Å². The molecule has 0 aliphatic carbocycles. The van der Waals surface area contributed by atoms with Gasteiger partial charge in [0.1, 0.15) is 23.9 Å². The summed E-state index contributed by atoms with van der Waals surface area (Å²) in [5.74, 6) is -9.94. The Balaban J connectivity index is 2.26. The second-order valence-corrected chi connectivity index (χ2v) is 21.6. The van der Waals surface area contributed by atoms with Gasteiger partial charge in [-0.3, -0.25) is 14.4 Å². The molecule has 16 heteroatoms. The zero-order valence-electron chi connectivity index (χ0n) is 35.5. The number of hydrogen-bond acceptors (Lipinski definition) is 13. The molecule has 0 radical (unpaired) electrons. The Hall–Kier alpha value is -2.50. The van der Waals surface area contributed by atoms with E-state index in [9.17, 15) is 24.4 Å². The Morgan fingerprint density at radius 1 is 1.02 bits per heavy atom. The van der Waals surface area contributed by atoms with Gasteiger partial charge in [0.2, 0.25) is 0 Å². The summed E-state index contributed by atoms with van der Waals surface area (Å²) in [5, 5.41) is 12.7. The molecule has 316 valence electrons. The van der Waals surface area contributed by atoms with Crippen LogP contribution in [0.4, 0.5) is 4.39 Å². The topological polar surface area (TPSA) is 186 Å². The van der Waals surface area contributed by atoms with E-state index in [1.54, 1.807) is 27.7 Å². The Labute approximate surface area is 327 Å². The van der Waals surface area contributed by atoms with E-state index in [0.29, 0.717) is 6.42 Å². The summed E-state index contributed by atoms with van der Waals surface area (Å²) in [6.45, 7) is 18.7. The molecule has 3 rings (SSSR count). The average molecular weight is 802 g/mol. The van der Waals surface area contributed by atoms with Crippen molar-refractivity contribution in [2.24, 2.45) is 40.5 Å². The predicted molar refractivity (Wildman–Crippen MR) is 205 cm³/mol. The highest BCUT2D eigenvalue weighted by Gasteiger charge is 2.63. The number of methoxy groups -OCH3 is 1. The van der Waals surface area contributed by atoms with Crippen LogP contribution in [0.3, 0.4) is 0 Å². The molecular weight excluding hydrogens is 734 g/mol. The highest BCUT2D eigenvalue weighted by molar-refractivity contribution is 6.73. The molecule has 3 N–H and O–H groups in total. The number of hydrogen-bond donors (Lipinski definition) is 2. The lowest BCUT2D eigenvalue weighted by molar-refractivity contribution is -0.292. The molecule has 0 aromatic carbocycles. The van der Waals surface area contributed by atoms with Crippen molar-refractivity contribution in [3.05, 3.63) is 0 Å². The smallest absolute Gasteiger partial charge is 0.351 e. The zero-order chi connectivity index (χ0) is 42.0. The molecule has 55 heavy (non-hydrogen) atoms. The van der Waals surface area contributed by atoms with Crippen molar-refractivity contribution in [2.75, 3.05) is 21.2 Å². The van der Waals surface area contributed by atoms with Gasteiger partial charge in [0.25, 0.3) is 5.67 Å². The fraction of sp³-hybridized carbons (Fsp3) is 0.872. The molecule has 0 amide bonds. The Morgan fingerprint density at radius 2 is 1.60 bits per heavy atom. The first-order valence-corrected chi connectivity index (χ1v) is 22.4. The number of likely N-dealkylation sites (N-methyl/N-ethyl adjacent to an activating group) is 1. The van der Waals surface area contributed by atoms with Crippen molar-refractivity contribution in [1.29, 1.82) is 0 Å². The van der Waals surface area contributed by atoms with E-state index in [4.69, 9.17) is 33.8 Å². The number of nitrogens with zero attached hydrogens (tertiary/aromatic N) is 2. The number of fused-ring (bicyclic) bond motifs is 1. The van der Waals surface area contributed by atoms with Gasteiger partial charge in [-0.1, -0.05) is 53.6 Å². The highest BCUT2D eigenvalue weighted by atomic mass is 28.4. The van der Waals surface area contributed by atoms with E-state index in [2.05, 4.69) is 30.8 Å². The highest BCUT2D eigenvalue weighted by Crippen LogP contribution is 2.48. The number of Topliss-reactive ketones (excluding diaryl/α,β-unsaturated/α-hetero) is 2. The minimum atomic E-state index is -3.20. The minimum absolute atomic E-state index is 0.0163. The van der Waals surface area contributed by atoms with E-state index >= 15 is 4.39 Å². The van der Waals surface area contributed by atoms with Gasteiger partial charge >= 0.3 is 11.9 Å². The molecule has 0 saturated carbocycles. The number of amidine groups is 1. The Morgan fingerprint density at radius 3 is 2.09 bits per heavy atom. The van der Waals surface area contributed by atoms with Gasteiger partial charge < -0.3 is 44.0 Å². The molecule has 0 spiro atoms. The molecular formula is C39H68FN3O11Si. The average Bonchev–Trinajstić information content (AvgIpc) is 3.42. The third kappa shape index (κ3) is 8.99. The quantitative estimate of drug-likeness (QED) is 0.0540. The van der Waals surface area contributed by atoms with Crippen molar-refractivity contribution in [2.45, 2.75) is 167 Å². The predicted octanol–water partition coefficient (Wildman–Crippen LogP) is 5.03. The summed E-state index contributed by atoms with van der Waals surface area (Å²) in [4.78, 5) is 58.3. The maximum Gasteiger partial charge on any atom is 0.351 e. The Kier molecular flexibility index (Phi) is 15.3. The lowest BCUT2D eigenvalue weighted by Gasteiger charge is -2.50. The number of cyclic esters (lactones) is 1. The number of rotatable bonds is 11. The molecule has 3 aliphatic heterocycles. The van der Waals surface area contributed by atoms with Crippen molar-refractivity contribution in [3.63, 3.8) is 0 Å². The van der Waals surface area contributed by atoms with Crippen LogP contribution in [0.1, 0.15) is 95.4 Å². The SMILES string of the molecule is CC[C@@H]1OC(=O)[C@@](C)(F)C(=O)[C@H](C)[C@@H](OC2O[C@H](C)C[C@H](N(C)C)[C@H]2O[Si](CC)(CC)CC)[C@](C)(OC)C[C@@H](C)C(=O)[C@H](C)[C@H]2[C@H](/C(N)=N/O)C(=O)O[C@]21C. The van der Waals surface area contributed by atoms with Crippen LogP contribution < -0.4 is 5.73 Å². The van der Waals surface area contributed by atoms with Gasteiger partial charge in [-0.25, -0.2) is 9.18 Å². The van der Waals surface area contributed by atoms with Crippen LogP contribution in [0, 0.1) is 29.6 Å². The van der Waals surface area contributed by atoms with Gasteiger partial charge in [-0.15, -0.1) is 0 Å². The largest absolute Gasteiger partial charge is 0.455 e. The first-order valence-electron chi connectivity index (χ1n) is 19.9. The molecule has 0 aromatic heterocycles. The third-order valence-corrected chi connectivity index (χ3v) is 17.7. The van der Waals surface area contributed by atoms with Crippen molar-refractivity contribution in [1.82, 2.24) is 4.90 Å². The number of carbonyl (C=O) groups is 4. The van der Waals surface area contributed by atoms with E-state index in [1.165, 1.54) is 21.0 Å². The molecule has 14 nitrogen and oxygen atoms in total. The number of alkyl halides is 1. The number of ether oxygens (including phenoxy) is 5. The van der Waals surface area contributed by atoms with Crippen LogP contribution >= 0.6 is 0 Å². The van der Waals surface area contributed by atoms with Crippen LogP contribution in [-0.2, 0) is 47.3 Å². The molecule has 3 saturated heterocycles. The summed E-state index contributed by atoms with van der Waals surface area (Å²) in [5.41, 5.74) is -0.337. The maximum atomic E-state index is 17.0. The van der Waals surface area contributed by atoms with Crippen molar-refractivity contribution in [3.8, 4) is 0 Å². The molecule has 1 unspecified atom stereocenters. The minimum Gasteiger partial charge on any atom is -0.455 e. The van der Waals surface area contributed by atoms with E-state index in [1.807, 2.05) is 21.0 Å². The standard InChI is InChI=1S/C39H68FN3O11Si/c1-15-26-39(11)28(27(33(41)42-48)34(46)53-39)23(7)29(44)21(5)20-37(9,49-14)32(24(8)31(45)38(10,40)36(47)51-26)52-35-30(54-55(16-2,17-3)18-4)25(43(12)13)19-22(6)50-35/h21-28,30,32,35,48H,15-20H2,1-14H3,(H2,41,42)/t21-,22-,23-,24+,25+,26+,27-,28+,30-,32-,35?,37-,38+,39+/m1/s1. The van der Waals surface area contributed by atoms with Crippen LogP contribution in [0.2, 0.25) is 18.1 Å². The fourth-order valence-corrected chi connectivity index (χ4v) is 12.3. The summed E-state index contributed by atoms with van der Waals surface area (Å²) in [6.07, 6.45) is -3.83. The number of oxime groups is 1. The Bertz CT molecular complexity index is 1420. The molecule has 14 atom stereocenters. The van der Waals surface area contributed by atoms with Gasteiger partial charge in [-0.05, 0) is 79.2 Å². The molecule has 3 aliphatic rings. The van der Waals surface area contributed by atoms with Crippen LogP contribution in [-0.4, -0.2) is 123 Å². The summed E-state index contributed by atoms with van der Waals surface area (Å²) < 4.78 is 55.3. The summed E-state index contributed by atoms with van der Waals surface area (Å²) >= 11 is 0. The second kappa shape index (κ2) is 18.0. The van der Waals surface area contributed by atoms with Crippen LogP contribution in [0.25, 0.3) is 0 Å². The third-order valence-electron chi connectivity index (χ3n) is 13.1. The van der Waals surface area contributed by atoms with E-state index in [0.717, 1.165) is 25.1 Å². The molecule has 3 heterocycles. The summed E-state index contributed by atoms with van der Waals surface area (Å²) in [6, 6.07) is 2.45. The van der Waals surface area contributed by atoms with Crippen LogP contribution in [0.15, 0.2) is 5.16 Å². The van der Waals surface area contributed by atoms with Crippen molar-refractivity contribution < 1.29 is 56.9 Å². The zero-order valence-corrected chi connectivity index (χ0v) is 36.5. The normalized spacial score (nSPS) is 41.5. The fourth-order valence-electron chi connectivity index (χ4n) is 9.41. The molecule has 0 bridgehead atoms. The van der Waals surface area contributed by atoms with Gasteiger partial charge in [0, 0.05) is 36.8 Å². The number of carbonyl (C=O) groups excluding carboxylic acids is 4. The lowest BCUT2D eigenvalue weighted by atomic mass is 9.67. The first-order chi connectivity index (χ1) is 25.5. The molecule has 0 aromatic rings. The monoisotopic (exact) mass is 801 g/mol. The van der Waals surface area contributed by atoms with Gasteiger partial charge in [0.05, 0.1) is 17.8 Å². The van der Waals surface area contributed by atoms with Gasteiger partial charge in [0.15, 0.2) is 31.8 Å². The maximum absolute atomic E-state index is 17.0. The van der Waals surface area contributed by atoms with Gasteiger partial charge in [-0.2, -0.15) is 0 Å². The first kappa shape index (κ1) is 46.9. The van der Waals surface area contributed by atoms with E-state index in [-0.39, 0.29) is 30.8 Å². The van der Waals surface area contributed by atoms with E-state index < -0.39 is 103 Å². The summed E-state index contributed by atoms with van der Waals surface area (Å²) in [7, 11) is 3.07. The van der Waals surface area contributed by atoms with Crippen molar-refractivity contribution >= 4 is 37.7 Å². The molecule has 3 fully saturated rings. The number of ketones is 2.